The van der Waals surface area contributed by atoms with E-state index in [4.69, 9.17) is 21.1 Å². The van der Waals surface area contributed by atoms with Crippen LogP contribution in [0.4, 0.5) is 4.79 Å². The van der Waals surface area contributed by atoms with Gasteiger partial charge in [-0.3, -0.25) is 19.1 Å². The van der Waals surface area contributed by atoms with Crippen LogP contribution in [-0.4, -0.2) is 79.8 Å². The number of rotatable bonds is 11. The lowest BCUT2D eigenvalue weighted by atomic mass is 9.85. The van der Waals surface area contributed by atoms with E-state index in [1.54, 1.807) is 45.0 Å². The highest BCUT2D eigenvalue weighted by Crippen LogP contribution is 2.47. The quantitative estimate of drug-likeness (QED) is 0.297. The molecule has 4 fully saturated rings. The molecular weight excluding hydrogens is 648 g/mol. The summed E-state index contributed by atoms with van der Waals surface area (Å²) >= 11 is 6.62. The fraction of sp³-hybridized carbons (Fsp3) is 0.636. The molecule has 3 aliphatic carbocycles. The maximum absolute atomic E-state index is 14.5. The summed E-state index contributed by atoms with van der Waals surface area (Å²) in [7, 11) is -2.42. The number of carbonyl (C=O) groups is 4. The largest absolute Gasteiger partial charge is 0.446 e. The predicted octanol–water partition coefficient (Wildman–Crippen LogP) is 3.54. The van der Waals surface area contributed by atoms with Crippen molar-refractivity contribution >= 4 is 45.4 Å². The monoisotopic (exact) mass is 692 g/mol. The minimum atomic E-state index is -3.89. The minimum Gasteiger partial charge on any atom is -0.446 e. The maximum atomic E-state index is 14.5. The Labute approximate surface area is 281 Å². The molecule has 0 unspecified atom stereocenters. The molecule has 3 saturated carbocycles. The molecule has 1 aromatic carbocycles. The summed E-state index contributed by atoms with van der Waals surface area (Å²) in [5, 5.41) is 5.29. The van der Waals surface area contributed by atoms with Crippen LogP contribution in [0, 0.1) is 11.3 Å². The Bertz CT molecular complexity index is 1540. The molecule has 0 radical (unpaired) electrons. The highest BCUT2D eigenvalue weighted by molar-refractivity contribution is 7.91. The number of sulfonamides is 1. The van der Waals surface area contributed by atoms with Gasteiger partial charge < -0.3 is 25.0 Å². The van der Waals surface area contributed by atoms with Crippen LogP contribution in [-0.2, 0) is 39.5 Å². The minimum absolute atomic E-state index is 0.0228. The molecule has 258 valence electrons. The van der Waals surface area contributed by atoms with E-state index in [-0.39, 0.29) is 25.5 Å². The van der Waals surface area contributed by atoms with Crippen molar-refractivity contribution < 1.29 is 37.1 Å². The standard InChI is InChI=1S/C33H45ClN4O8S/c1-6-20-17-33(20,29(41)37-47(43,44)22-15-16-22)36-27(39)25-18-32(45-5,23-13-9-10-14-24(23)34)19-38(25)28(40)26(31(2,3)4)35-30(42)46-21-11-7-8-12-21/h6,9-10,13-14,20-22,25-26H,1,7-8,11-12,15-19H2,2-5H3,(H,35,42)(H,36,39)(H,37,41)/t20-,25+,26-,32+,33-/m1/s1. The Morgan fingerprint density at radius 2 is 1.74 bits per heavy atom. The number of nitrogens with one attached hydrogen (secondary N) is 3. The summed E-state index contributed by atoms with van der Waals surface area (Å²) in [5.41, 5.74) is -2.99. The van der Waals surface area contributed by atoms with Crippen molar-refractivity contribution in [1.82, 2.24) is 20.3 Å². The molecule has 14 heteroatoms. The molecule has 1 aromatic rings. The highest BCUT2D eigenvalue weighted by Gasteiger charge is 2.63. The van der Waals surface area contributed by atoms with Gasteiger partial charge in [0.1, 0.15) is 29.3 Å². The Hall–Kier alpha value is -3.16. The predicted molar refractivity (Wildman–Crippen MR) is 175 cm³/mol. The van der Waals surface area contributed by atoms with Crippen molar-refractivity contribution in [2.75, 3.05) is 13.7 Å². The first-order valence-electron chi connectivity index (χ1n) is 16.2. The van der Waals surface area contributed by atoms with Crippen LogP contribution < -0.4 is 15.4 Å². The van der Waals surface area contributed by atoms with Gasteiger partial charge in [-0.2, -0.15) is 0 Å². The number of hydrogen-bond donors (Lipinski definition) is 3. The van der Waals surface area contributed by atoms with Crippen LogP contribution >= 0.6 is 11.6 Å². The van der Waals surface area contributed by atoms with Crippen LogP contribution in [0.1, 0.15) is 77.7 Å². The molecule has 5 rings (SSSR count). The van der Waals surface area contributed by atoms with Crippen LogP contribution in [0.2, 0.25) is 5.02 Å². The molecule has 3 N–H and O–H groups in total. The number of hydrogen-bond acceptors (Lipinski definition) is 8. The molecule has 47 heavy (non-hydrogen) atoms. The highest BCUT2D eigenvalue weighted by atomic mass is 35.5. The first-order chi connectivity index (χ1) is 22.1. The van der Waals surface area contributed by atoms with Crippen LogP contribution in [0.15, 0.2) is 36.9 Å². The number of carbonyl (C=O) groups excluding carboxylic acids is 4. The van der Waals surface area contributed by atoms with Gasteiger partial charge in [0.2, 0.25) is 21.8 Å². The molecule has 12 nitrogen and oxygen atoms in total. The molecule has 1 aliphatic heterocycles. The smallest absolute Gasteiger partial charge is 0.408 e. The van der Waals surface area contributed by atoms with E-state index >= 15 is 0 Å². The molecule has 1 saturated heterocycles. The average molecular weight is 693 g/mol. The van der Waals surface area contributed by atoms with Crippen molar-refractivity contribution in [2.24, 2.45) is 11.3 Å². The number of nitrogens with zero attached hydrogens (tertiary/aromatic N) is 1. The number of halogens is 1. The van der Waals surface area contributed by atoms with Crippen molar-refractivity contribution in [3.63, 3.8) is 0 Å². The van der Waals surface area contributed by atoms with Crippen molar-refractivity contribution in [1.29, 1.82) is 0 Å². The Morgan fingerprint density at radius 1 is 1.09 bits per heavy atom. The van der Waals surface area contributed by atoms with Gasteiger partial charge in [0.25, 0.3) is 5.91 Å². The second-order valence-electron chi connectivity index (χ2n) is 14.3. The van der Waals surface area contributed by atoms with Gasteiger partial charge in [0, 0.05) is 30.0 Å². The first kappa shape index (κ1) is 35.2. The van der Waals surface area contributed by atoms with E-state index in [1.807, 2.05) is 0 Å². The van der Waals surface area contributed by atoms with Gasteiger partial charge in [0.15, 0.2) is 0 Å². The second kappa shape index (κ2) is 13.0. The summed E-state index contributed by atoms with van der Waals surface area (Å²) in [4.78, 5) is 56.6. The van der Waals surface area contributed by atoms with Crippen molar-refractivity contribution in [2.45, 2.75) is 107 Å². The molecule has 5 atom stereocenters. The third-order valence-corrected chi connectivity index (χ3v) is 12.0. The fourth-order valence-corrected chi connectivity index (χ4v) is 8.44. The van der Waals surface area contributed by atoms with Crippen LogP contribution in [0.5, 0.6) is 0 Å². The van der Waals surface area contributed by atoms with Gasteiger partial charge in [-0.15, -0.1) is 6.58 Å². The lowest BCUT2D eigenvalue weighted by Crippen LogP contribution is -2.60. The van der Waals surface area contributed by atoms with Gasteiger partial charge in [-0.25, -0.2) is 13.2 Å². The summed E-state index contributed by atoms with van der Waals surface area (Å²) in [6.07, 6.45) is 5.05. The summed E-state index contributed by atoms with van der Waals surface area (Å²) in [6, 6.07) is 4.72. The van der Waals surface area contributed by atoms with Gasteiger partial charge in [-0.1, -0.05) is 56.6 Å². The van der Waals surface area contributed by atoms with Gasteiger partial charge in [0.05, 0.1) is 11.8 Å². The number of amides is 4. The molecule has 1 heterocycles. The van der Waals surface area contributed by atoms with Crippen LogP contribution in [0.3, 0.4) is 0 Å². The van der Waals surface area contributed by atoms with Crippen molar-refractivity contribution in [3.8, 4) is 0 Å². The molecule has 0 bridgehead atoms. The fourth-order valence-electron chi connectivity index (χ4n) is 6.76. The zero-order chi connectivity index (χ0) is 34.4. The molecule has 0 spiro atoms. The number of alkyl carbamates (subject to hydrolysis) is 1. The maximum Gasteiger partial charge on any atom is 0.408 e. The number of benzene rings is 1. The Kier molecular flexibility index (Phi) is 9.75. The normalized spacial score (nSPS) is 28.3. The van der Waals surface area contributed by atoms with E-state index in [0.717, 1.165) is 25.7 Å². The lowest BCUT2D eigenvalue weighted by molar-refractivity contribution is -0.143. The average Bonchev–Trinajstić information content (AvgIpc) is 3.89. The van der Waals surface area contributed by atoms with Gasteiger partial charge >= 0.3 is 6.09 Å². The number of ether oxygens (including phenoxy) is 2. The second-order valence-corrected chi connectivity index (χ2v) is 16.7. The van der Waals surface area contributed by atoms with Gasteiger partial charge in [-0.05, 0) is 56.4 Å². The zero-order valence-electron chi connectivity index (χ0n) is 27.3. The van der Waals surface area contributed by atoms with E-state index in [9.17, 15) is 27.6 Å². The first-order valence-corrected chi connectivity index (χ1v) is 18.1. The Balaban J connectivity index is 1.46. The van der Waals surface area contributed by atoms with Crippen LogP contribution in [0.25, 0.3) is 0 Å². The molecule has 4 aliphatic rings. The van der Waals surface area contributed by atoms with E-state index in [2.05, 4.69) is 21.9 Å². The third-order valence-electron chi connectivity index (χ3n) is 9.87. The topological polar surface area (TPSA) is 160 Å². The SMILES string of the molecule is C=C[C@@H]1C[C@]1(NC(=O)[C@@H]1C[C@@](OC)(c2ccccc2Cl)CN1C(=O)[C@@H](NC(=O)OC1CCCC1)C(C)(C)C)C(=O)NS(=O)(=O)C1CC1. The molecule has 0 aromatic heterocycles. The van der Waals surface area contributed by atoms with E-state index < -0.39 is 73.6 Å². The molecular formula is C33H45ClN4O8S. The number of likely N-dealkylation sites (tertiary alicyclic amines) is 1. The lowest BCUT2D eigenvalue weighted by Gasteiger charge is -2.36. The summed E-state index contributed by atoms with van der Waals surface area (Å²) in [5.74, 6) is -2.57. The Morgan fingerprint density at radius 3 is 2.30 bits per heavy atom. The number of methoxy groups -OCH3 is 1. The zero-order valence-corrected chi connectivity index (χ0v) is 28.9. The molecule has 4 amide bonds. The van der Waals surface area contributed by atoms with E-state index in [1.165, 1.54) is 18.1 Å². The van der Waals surface area contributed by atoms with E-state index in [0.29, 0.717) is 23.4 Å². The summed E-state index contributed by atoms with van der Waals surface area (Å²) < 4.78 is 39.1. The summed E-state index contributed by atoms with van der Waals surface area (Å²) in [6.45, 7) is 9.07. The van der Waals surface area contributed by atoms with Crippen molar-refractivity contribution in [3.05, 3.63) is 47.5 Å². The third kappa shape index (κ3) is 7.17.